The highest BCUT2D eigenvalue weighted by atomic mass is 16.5. The number of nitrogens with zero attached hydrogens (tertiary/aromatic N) is 2. The van der Waals surface area contributed by atoms with Crippen molar-refractivity contribution in [2.75, 3.05) is 13.2 Å². The minimum Gasteiger partial charge on any atom is -0.378 e. The molecule has 2 bridgehead atoms. The Bertz CT molecular complexity index is 945. The fourth-order valence-corrected chi connectivity index (χ4v) is 4.25. The van der Waals surface area contributed by atoms with Gasteiger partial charge in [-0.15, -0.1) is 0 Å². The first-order chi connectivity index (χ1) is 12.9. The summed E-state index contributed by atoms with van der Waals surface area (Å²) >= 11 is 0. The highest BCUT2D eigenvalue weighted by Gasteiger charge is 2.35. The van der Waals surface area contributed by atoms with E-state index in [1.165, 1.54) is 21.9 Å². The third-order valence-electron chi connectivity index (χ3n) is 5.53. The molecule has 3 aromatic rings. The maximum absolute atomic E-state index is 5.87. The van der Waals surface area contributed by atoms with Crippen LogP contribution in [-0.4, -0.2) is 35.2 Å². The third kappa shape index (κ3) is 2.83. The average Bonchev–Trinajstić information content (AvgIpc) is 2.68. The van der Waals surface area contributed by atoms with E-state index in [0.29, 0.717) is 12.1 Å². The van der Waals surface area contributed by atoms with Crippen molar-refractivity contribution in [3.8, 4) is 0 Å². The third-order valence-corrected chi connectivity index (χ3v) is 5.53. The van der Waals surface area contributed by atoms with E-state index < -0.39 is 0 Å². The molecule has 130 valence electrons. The number of morpholine rings is 1. The van der Waals surface area contributed by atoms with Crippen molar-refractivity contribution in [1.82, 2.24) is 9.88 Å². The largest absolute Gasteiger partial charge is 0.378 e. The predicted molar refractivity (Wildman–Crippen MR) is 105 cm³/mol. The normalized spacial score (nSPS) is 23.0. The van der Waals surface area contributed by atoms with E-state index in [0.717, 1.165) is 31.9 Å². The zero-order chi connectivity index (χ0) is 17.3. The summed E-state index contributed by atoms with van der Waals surface area (Å²) in [5.41, 5.74) is 3.87. The van der Waals surface area contributed by atoms with Gasteiger partial charge in [-0.25, -0.2) is 0 Å². The molecule has 2 unspecified atom stereocenters. The topological polar surface area (TPSA) is 25.4 Å². The van der Waals surface area contributed by atoms with E-state index >= 15 is 0 Å². The lowest BCUT2D eigenvalue weighted by atomic mass is 9.90. The van der Waals surface area contributed by atoms with E-state index in [2.05, 4.69) is 71.6 Å². The van der Waals surface area contributed by atoms with Crippen LogP contribution in [0.3, 0.4) is 0 Å². The van der Waals surface area contributed by atoms with E-state index in [-0.39, 0.29) is 0 Å². The van der Waals surface area contributed by atoms with Gasteiger partial charge in [0.1, 0.15) is 0 Å². The smallest absolute Gasteiger partial charge is 0.0737 e. The molecule has 0 spiro atoms. The van der Waals surface area contributed by atoms with Crippen LogP contribution in [0.25, 0.3) is 16.3 Å². The molecule has 1 saturated heterocycles. The summed E-state index contributed by atoms with van der Waals surface area (Å²) in [7, 11) is 0. The highest BCUT2D eigenvalue weighted by molar-refractivity contribution is 5.92. The van der Waals surface area contributed by atoms with Gasteiger partial charge in [0, 0.05) is 24.2 Å². The summed E-state index contributed by atoms with van der Waals surface area (Å²) in [6, 6.07) is 22.1. The number of aromatic nitrogens is 1. The van der Waals surface area contributed by atoms with Gasteiger partial charge in [-0.05, 0) is 29.0 Å². The van der Waals surface area contributed by atoms with Gasteiger partial charge in [-0.1, -0.05) is 60.7 Å². The lowest BCUT2D eigenvalue weighted by molar-refractivity contribution is -0.0403. The Morgan fingerprint density at radius 1 is 0.962 bits per heavy atom. The highest BCUT2D eigenvalue weighted by Crippen LogP contribution is 2.35. The number of pyridine rings is 1. The quantitative estimate of drug-likeness (QED) is 0.710. The number of hydrogen-bond donors (Lipinski definition) is 0. The summed E-state index contributed by atoms with van der Waals surface area (Å²) in [5.74, 6) is 0. The Balaban J connectivity index is 1.50. The SMILES string of the molecule is C1=C(c2nccc3ccccc23)CC2COCC1N2Cc1ccccc1. The molecular formula is C23H22N2O. The summed E-state index contributed by atoms with van der Waals surface area (Å²) in [6.07, 6.45) is 5.30. The lowest BCUT2D eigenvalue weighted by Gasteiger charge is -2.44. The van der Waals surface area contributed by atoms with Crippen LogP contribution in [0.1, 0.15) is 17.7 Å². The van der Waals surface area contributed by atoms with Gasteiger partial charge in [0.2, 0.25) is 0 Å². The van der Waals surface area contributed by atoms with Crippen LogP contribution in [0.5, 0.6) is 0 Å². The van der Waals surface area contributed by atoms with E-state index in [1.807, 2.05) is 6.20 Å². The zero-order valence-corrected chi connectivity index (χ0v) is 14.7. The maximum Gasteiger partial charge on any atom is 0.0737 e. The van der Waals surface area contributed by atoms with Gasteiger partial charge in [-0.2, -0.15) is 0 Å². The number of ether oxygens (including phenoxy) is 1. The fourth-order valence-electron chi connectivity index (χ4n) is 4.25. The van der Waals surface area contributed by atoms with Crippen molar-refractivity contribution in [1.29, 1.82) is 0 Å². The van der Waals surface area contributed by atoms with Gasteiger partial charge in [0.15, 0.2) is 0 Å². The molecule has 1 aromatic heterocycles. The van der Waals surface area contributed by atoms with Crippen LogP contribution < -0.4 is 0 Å². The lowest BCUT2D eigenvalue weighted by Crippen LogP contribution is -2.53. The zero-order valence-electron chi connectivity index (χ0n) is 14.7. The molecule has 0 radical (unpaired) electrons. The van der Waals surface area contributed by atoms with Crippen LogP contribution in [0.2, 0.25) is 0 Å². The molecule has 0 amide bonds. The van der Waals surface area contributed by atoms with E-state index in [4.69, 9.17) is 9.72 Å². The predicted octanol–water partition coefficient (Wildman–Crippen LogP) is 4.29. The van der Waals surface area contributed by atoms with Crippen LogP contribution in [-0.2, 0) is 11.3 Å². The second kappa shape index (κ2) is 6.67. The van der Waals surface area contributed by atoms with Crippen molar-refractivity contribution in [2.24, 2.45) is 0 Å². The molecule has 3 heteroatoms. The molecule has 3 nitrogen and oxygen atoms in total. The number of fused-ring (bicyclic) bond motifs is 3. The van der Waals surface area contributed by atoms with Crippen LogP contribution in [0, 0.1) is 0 Å². The molecule has 26 heavy (non-hydrogen) atoms. The average molecular weight is 342 g/mol. The maximum atomic E-state index is 5.87. The van der Waals surface area contributed by atoms with Gasteiger partial charge in [-0.3, -0.25) is 9.88 Å². The van der Waals surface area contributed by atoms with Crippen LogP contribution in [0.15, 0.2) is 72.9 Å². The Hall–Kier alpha value is -2.49. The number of rotatable bonds is 3. The van der Waals surface area contributed by atoms with Gasteiger partial charge >= 0.3 is 0 Å². The first-order valence-corrected chi connectivity index (χ1v) is 9.31. The monoisotopic (exact) mass is 342 g/mol. The van der Waals surface area contributed by atoms with Gasteiger partial charge in [0.05, 0.1) is 24.9 Å². The second-order valence-corrected chi connectivity index (χ2v) is 7.19. The van der Waals surface area contributed by atoms with Crippen molar-refractivity contribution < 1.29 is 4.74 Å². The molecule has 3 heterocycles. The number of hydrogen-bond acceptors (Lipinski definition) is 3. The first-order valence-electron chi connectivity index (χ1n) is 9.31. The summed E-state index contributed by atoms with van der Waals surface area (Å²) < 4.78 is 5.87. The molecule has 5 rings (SSSR count). The van der Waals surface area contributed by atoms with Crippen molar-refractivity contribution in [3.63, 3.8) is 0 Å². The summed E-state index contributed by atoms with van der Waals surface area (Å²) in [6.45, 7) is 2.54. The molecule has 0 N–H and O–H groups in total. The Morgan fingerprint density at radius 3 is 2.69 bits per heavy atom. The molecule has 2 aliphatic heterocycles. The van der Waals surface area contributed by atoms with Crippen LogP contribution in [0.4, 0.5) is 0 Å². The summed E-state index contributed by atoms with van der Waals surface area (Å²) in [5, 5.41) is 2.50. The van der Waals surface area contributed by atoms with E-state index in [9.17, 15) is 0 Å². The molecule has 0 saturated carbocycles. The Labute approximate surface area is 153 Å². The number of benzene rings is 2. The molecule has 0 aliphatic carbocycles. The standard InChI is InChI=1S/C23H22N2O/c1-2-6-17(7-3-1)14-25-20-12-19(13-21(25)16-26-15-20)23-22-9-5-4-8-18(22)10-11-24-23/h1-12,20-21H,13-16H2. The minimum absolute atomic E-state index is 0.318. The van der Waals surface area contributed by atoms with Gasteiger partial charge < -0.3 is 4.74 Å². The van der Waals surface area contributed by atoms with Crippen molar-refractivity contribution in [2.45, 2.75) is 25.0 Å². The summed E-state index contributed by atoms with van der Waals surface area (Å²) in [4.78, 5) is 7.33. The van der Waals surface area contributed by atoms with Crippen LogP contribution >= 0.6 is 0 Å². The van der Waals surface area contributed by atoms with Crippen molar-refractivity contribution in [3.05, 3.63) is 84.2 Å². The Morgan fingerprint density at radius 2 is 1.81 bits per heavy atom. The molecule has 2 aromatic carbocycles. The molecule has 1 fully saturated rings. The second-order valence-electron chi connectivity index (χ2n) is 7.19. The molecular weight excluding hydrogens is 320 g/mol. The molecule has 2 atom stereocenters. The molecule has 2 aliphatic rings. The fraction of sp³-hybridized carbons (Fsp3) is 0.261. The Kier molecular flexibility index (Phi) is 4.04. The van der Waals surface area contributed by atoms with Crippen molar-refractivity contribution >= 4 is 16.3 Å². The first kappa shape index (κ1) is 15.7. The van der Waals surface area contributed by atoms with E-state index in [1.54, 1.807) is 0 Å². The van der Waals surface area contributed by atoms with Gasteiger partial charge in [0.25, 0.3) is 0 Å². The minimum atomic E-state index is 0.318.